The molecule has 9 heavy (non-hydrogen) atoms. The van der Waals surface area contributed by atoms with Gasteiger partial charge in [-0.05, 0) is 24.7 Å². The lowest BCUT2D eigenvalue weighted by atomic mass is 9.97. The Hall–Kier alpha value is -0.520. The van der Waals surface area contributed by atoms with E-state index in [4.69, 9.17) is 0 Å². The van der Waals surface area contributed by atoms with Gasteiger partial charge in [0.2, 0.25) is 0 Å². The molecular formula is C9H14. The minimum absolute atomic E-state index is 0.683. The molecule has 0 heteroatoms. The van der Waals surface area contributed by atoms with Gasteiger partial charge in [0.05, 0.1) is 0 Å². The van der Waals surface area contributed by atoms with Gasteiger partial charge in [-0.1, -0.05) is 25.2 Å². The molecule has 0 saturated heterocycles. The summed E-state index contributed by atoms with van der Waals surface area (Å²) in [5.74, 6) is 1.39. The zero-order valence-electron chi connectivity index (χ0n) is 6.06. The third kappa shape index (κ3) is 1.07. The third-order valence-electron chi connectivity index (χ3n) is 2.39. The van der Waals surface area contributed by atoms with Gasteiger partial charge in [0.15, 0.2) is 0 Å². The first-order valence-corrected chi connectivity index (χ1v) is 3.56. The summed E-state index contributed by atoms with van der Waals surface area (Å²) in [5, 5.41) is 0. The number of hydrogen-bond donors (Lipinski definition) is 0. The molecule has 2 atom stereocenters. The van der Waals surface area contributed by atoms with Crippen molar-refractivity contribution in [3.8, 4) is 0 Å². The average molecular weight is 122 g/mol. The maximum absolute atomic E-state index is 3.99. The van der Waals surface area contributed by atoms with Crippen LogP contribution in [0.15, 0.2) is 24.8 Å². The van der Waals surface area contributed by atoms with Gasteiger partial charge in [0.1, 0.15) is 0 Å². The summed E-state index contributed by atoms with van der Waals surface area (Å²) in [5.41, 5.74) is 1.40. The van der Waals surface area contributed by atoms with E-state index in [1.807, 2.05) is 0 Å². The van der Waals surface area contributed by atoms with Crippen LogP contribution in [-0.4, -0.2) is 0 Å². The zero-order chi connectivity index (χ0) is 6.85. The SMILES string of the molecule is C=CC1CCC(=C)C1C. The maximum Gasteiger partial charge on any atom is -0.0170 e. The molecular weight excluding hydrogens is 108 g/mol. The fourth-order valence-corrected chi connectivity index (χ4v) is 1.45. The van der Waals surface area contributed by atoms with E-state index in [-0.39, 0.29) is 0 Å². The summed E-state index contributed by atoms with van der Waals surface area (Å²) in [7, 11) is 0. The molecule has 0 bridgehead atoms. The Bertz CT molecular complexity index is 133. The molecule has 1 aliphatic rings. The van der Waals surface area contributed by atoms with Crippen LogP contribution in [0.1, 0.15) is 19.8 Å². The molecule has 0 nitrogen and oxygen atoms in total. The van der Waals surface area contributed by atoms with Crippen LogP contribution in [0.25, 0.3) is 0 Å². The Morgan fingerprint density at radius 1 is 1.67 bits per heavy atom. The van der Waals surface area contributed by atoms with Gasteiger partial charge < -0.3 is 0 Å². The highest BCUT2D eigenvalue weighted by Crippen LogP contribution is 2.35. The van der Waals surface area contributed by atoms with E-state index in [1.54, 1.807) is 0 Å². The highest BCUT2D eigenvalue weighted by molar-refractivity contribution is 5.10. The van der Waals surface area contributed by atoms with Crippen molar-refractivity contribution in [3.05, 3.63) is 24.8 Å². The first-order chi connectivity index (χ1) is 4.25. The van der Waals surface area contributed by atoms with Gasteiger partial charge >= 0.3 is 0 Å². The lowest BCUT2D eigenvalue weighted by Crippen LogP contribution is -1.99. The molecule has 0 radical (unpaired) electrons. The monoisotopic (exact) mass is 122 g/mol. The van der Waals surface area contributed by atoms with Crippen LogP contribution in [-0.2, 0) is 0 Å². The Kier molecular flexibility index (Phi) is 1.75. The van der Waals surface area contributed by atoms with E-state index in [0.29, 0.717) is 11.8 Å². The van der Waals surface area contributed by atoms with Gasteiger partial charge in [-0.25, -0.2) is 0 Å². The molecule has 0 aliphatic heterocycles. The van der Waals surface area contributed by atoms with Crippen LogP contribution in [0.4, 0.5) is 0 Å². The summed E-state index contributed by atoms with van der Waals surface area (Å²) >= 11 is 0. The highest BCUT2D eigenvalue weighted by atomic mass is 14.3. The van der Waals surface area contributed by atoms with Crippen molar-refractivity contribution in [2.45, 2.75) is 19.8 Å². The van der Waals surface area contributed by atoms with Crippen LogP contribution in [0.5, 0.6) is 0 Å². The van der Waals surface area contributed by atoms with Crippen molar-refractivity contribution in [2.24, 2.45) is 11.8 Å². The molecule has 0 amide bonds. The van der Waals surface area contributed by atoms with E-state index < -0.39 is 0 Å². The van der Waals surface area contributed by atoms with E-state index in [2.05, 4.69) is 26.2 Å². The topological polar surface area (TPSA) is 0 Å². The number of allylic oxidation sites excluding steroid dienone is 2. The van der Waals surface area contributed by atoms with E-state index in [1.165, 1.54) is 18.4 Å². The van der Waals surface area contributed by atoms with Crippen molar-refractivity contribution >= 4 is 0 Å². The molecule has 1 fully saturated rings. The molecule has 0 spiro atoms. The fraction of sp³-hybridized carbons (Fsp3) is 0.556. The molecule has 1 rings (SSSR count). The highest BCUT2D eigenvalue weighted by Gasteiger charge is 2.23. The van der Waals surface area contributed by atoms with E-state index in [0.717, 1.165) is 0 Å². The van der Waals surface area contributed by atoms with Crippen LogP contribution < -0.4 is 0 Å². The molecule has 0 aromatic carbocycles. The summed E-state index contributed by atoms with van der Waals surface area (Å²) in [6, 6.07) is 0. The quantitative estimate of drug-likeness (QED) is 0.469. The summed E-state index contributed by atoms with van der Waals surface area (Å²) < 4.78 is 0. The second-order valence-electron chi connectivity index (χ2n) is 2.89. The first-order valence-electron chi connectivity index (χ1n) is 3.56. The van der Waals surface area contributed by atoms with Gasteiger partial charge in [-0.15, -0.1) is 6.58 Å². The second-order valence-corrected chi connectivity index (χ2v) is 2.89. The van der Waals surface area contributed by atoms with Crippen LogP contribution in [0.2, 0.25) is 0 Å². The predicted octanol–water partition coefficient (Wildman–Crippen LogP) is 2.77. The van der Waals surface area contributed by atoms with Crippen molar-refractivity contribution in [2.75, 3.05) is 0 Å². The third-order valence-corrected chi connectivity index (χ3v) is 2.39. The van der Waals surface area contributed by atoms with Gasteiger partial charge in [0.25, 0.3) is 0 Å². The van der Waals surface area contributed by atoms with Crippen LogP contribution >= 0.6 is 0 Å². The Morgan fingerprint density at radius 2 is 2.33 bits per heavy atom. The smallest absolute Gasteiger partial charge is 0.0170 e. The normalized spacial score (nSPS) is 35.0. The lowest BCUT2D eigenvalue weighted by Gasteiger charge is -2.08. The largest absolute Gasteiger partial charge is 0.103 e. The van der Waals surface area contributed by atoms with Crippen molar-refractivity contribution in [3.63, 3.8) is 0 Å². The van der Waals surface area contributed by atoms with Crippen molar-refractivity contribution in [1.82, 2.24) is 0 Å². The van der Waals surface area contributed by atoms with Crippen molar-refractivity contribution in [1.29, 1.82) is 0 Å². The first kappa shape index (κ1) is 6.60. The molecule has 50 valence electrons. The summed E-state index contributed by atoms with van der Waals surface area (Å²) in [6.07, 6.45) is 4.53. The molecule has 2 unspecified atom stereocenters. The minimum atomic E-state index is 0.683. The molecule has 0 N–H and O–H groups in total. The van der Waals surface area contributed by atoms with Gasteiger partial charge in [-0.2, -0.15) is 0 Å². The average Bonchev–Trinajstić information content (AvgIpc) is 2.15. The Labute approximate surface area is 57.3 Å². The molecule has 0 aromatic heterocycles. The van der Waals surface area contributed by atoms with Crippen LogP contribution in [0, 0.1) is 11.8 Å². The van der Waals surface area contributed by atoms with Crippen LogP contribution in [0.3, 0.4) is 0 Å². The van der Waals surface area contributed by atoms with Crippen molar-refractivity contribution < 1.29 is 0 Å². The Balaban J connectivity index is 2.61. The lowest BCUT2D eigenvalue weighted by molar-refractivity contribution is 0.551. The predicted molar refractivity (Wildman–Crippen MR) is 41.2 cm³/mol. The Morgan fingerprint density at radius 3 is 2.56 bits per heavy atom. The minimum Gasteiger partial charge on any atom is -0.103 e. The maximum atomic E-state index is 3.99. The standard InChI is InChI=1S/C9H14/c1-4-9-6-5-7(2)8(9)3/h4,8-9H,1-2,5-6H2,3H3. The van der Waals surface area contributed by atoms with E-state index in [9.17, 15) is 0 Å². The van der Waals surface area contributed by atoms with E-state index >= 15 is 0 Å². The van der Waals surface area contributed by atoms with Gasteiger partial charge in [0, 0.05) is 0 Å². The summed E-state index contributed by atoms with van der Waals surface area (Å²) in [4.78, 5) is 0. The molecule has 0 aromatic rings. The second kappa shape index (κ2) is 2.38. The molecule has 0 heterocycles. The molecule has 1 saturated carbocycles. The number of rotatable bonds is 1. The molecule has 1 aliphatic carbocycles. The summed E-state index contributed by atoms with van der Waals surface area (Å²) in [6.45, 7) is 10.0. The fourth-order valence-electron chi connectivity index (χ4n) is 1.45. The van der Waals surface area contributed by atoms with Gasteiger partial charge in [-0.3, -0.25) is 0 Å². The number of hydrogen-bond acceptors (Lipinski definition) is 0. The zero-order valence-corrected chi connectivity index (χ0v) is 6.06.